The predicted octanol–water partition coefficient (Wildman–Crippen LogP) is 2.01. The van der Waals surface area contributed by atoms with Crippen molar-refractivity contribution in [2.75, 3.05) is 38.9 Å². The van der Waals surface area contributed by atoms with Gasteiger partial charge in [0.15, 0.2) is 11.6 Å². The molecule has 6 nitrogen and oxygen atoms in total. The van der Waals surface area contributed by atoms with E-state index < -0.39 is 0 Å². The fourth-order valence-electron chi connectivity index (χ4n) is 1.84. The number of anilines is 2. The fourth-order valence-corrected chi connectivity index (χ4v) is 1.84. The number of rotatable bonds is 4. The Morgan fingerprint density at radius 2 is 1.79 bits per heavy atom. The number of aromatic nitrogens is 1. The molecule has 102 valence electrons. The highest BCUT2D eigenvalue weighted by Gasteiger charge is 2.17. The van der Waals surface area contributed by atoms with E-state index in [2.05, 4.69) is 5.16 Å². The molecular formula is C13H17N3O3. The molecule has 0 radical (unpaired) electrons. The van der Waals surface area contributed by atoms with Crippen molar-refractivity contribution in [3.63, 3.8) is 0 Å². The van der Waals surface area contributed by atoms with Crippen LogP contribution in [0.2, 0.25) is 0 Å². The molecule has 2 N–H and O–H groups in total. The van der Waals surface area contributed by atoms with Crippen molar-refractivity contribution in [2.45, 2.75) is 0 Å². The Bertz CT molecular complexity index is 579. The highest BCUT2D eigenvalue weighted by molar-refractivity contribution is 5.76. The van der Waals surface area contributed by atoms with Gasteiger partial charge in [-0.3, -0.25) is 0 Å². The van der Waals surface area contributed by atoms with Gasteiger partial charge in [0.25, 0.3) is 0 Å². The van der Waals surface area contributed by atoms with E-state index in [0.29, 0.717) is 17.3 Å². The van der Waals surface area contributed by atoms with Crippen LogP contribution in [0.5, 0.6) is 11.5 Å². The molecule has 6 heteroatoms. The smallest absolute Gasteiger partial charge is 0.172 e. The maximum atomic E-state index is 5.57. The van der Waals surface area contributed by atoms with Crippen molar-refractivity contribution in [1.29, 1.82) is 0 Å². The molecule has 2 aromatic rings. The third kappa shape index (κ3) is 2.42. The van der Waals surface area contributed by atoms with Crippen LogP contribution in [0.25, 0.3) is 11.3 Å². The molecule has 0 bridgehead atoms. The summed E-state index contributed by atoms with van der Waals surface area (Å²) in [6.45, 7) is 0. The van der Waals surface area contributed by atoms with E-state index in [-0.39, 0.29) is 0 Å². The Labute approximate surface area is 111 Å². The van der Waals surface area contributed by atoms with E-state index >= 15 is 0 Å². The second-order valence-corrected chi connectivity index (χ2v) is 4.23. The first kappa shape index (κ1) is 13.1. The van der Waals surface area contributed by atoms with Gasteiger partial charge in [0.2, 0.25) is 0 Å². The van der Waals surface area contributed by atoms with Crippen LogP contribution in [-0.4, -0.2) is 33.5 Å². The Hall–Kier alpha value is -2.37. The summed E-state index contributed by atoms with van der Waals surface area (Å²) in [6, 6.07) is 5.37. The predicted molar refractivity (Wildman–Crippen MR) is 73.8 cm³/mol. The highest BCUT2D eigenvalue weighted by atomic mass is 16.5. The summed E-state index contributed by atoms with van der Waals surface area (Å²) < 4.78 is 15.9. The summed E-state index contributed by atoms with van der Waals surface area (Å²) in [5, 5.41) is 3.68. The lowest BCUT2D eigenvalue weighted by atomic mass is 10.1. The van der Waals surface area contributed by atoms with Crippen molar-refractivity contribution in [1.82, 2.24) is 5.16 Å². The third-order valence-electron chi connectivity index (χ3n) is 2.78. The molecule has 0 aliphatic carbocycles. The minimum atomic E-state index is 0.327. The Balaban J connectivity index is 2.60. The van der Waals surface area contributed by atoms with E-state index in [1.807, 2.05) is 31.1 Å². The van der Waals surface area contributed by atoms with E-state index in [4.69, 9.17) is 19.7 Å². The lowest BCUT2D eigenvalue weighted by Crippen LogP contribution is -2.10. The van der Waals surface area contributed by atoms with E-state index in [1.165, 1.54) is 0 Å². The molecule has 0 saturated heterocycles. The summed E-state index contributed by atoms with van der Waals surface area (Å²) in [5.41, 5.74) is 7.23. The summed E-state index contributed by atoms with van der Waals surface area (Å²) in [5.74, 6) is 2.25. The standard InChI is InChI=1S/C13H17N3O3/c1-16(2)9-6-10(17-3)8(5-12(9)18-4)11-7-13(14)15-19-11/h5-7H,1-4H3,(H2,14,15). The zero-order valence-corrected chi connectivity index (χ0v) is 11.4. The number of hydrogen-bond donors (Lipinski definition) is 1. The van der Waals surface area contributed by atoms with Crippen molar-refractivity contribution < 1.29 is 14.0 Å². The largest absolute Gasteiger partial charge is 0.496 e. The van der Waals surface area contributed by atoms with Crippen LogP contribution in [0.15, 0.2) is 22.7 Å². The topological polar surface area (TPSA) is 73.8 Å². The van der Waals surface area contributed by atoms with Gasteiger partial charge in [-0.2, -0.15) is 0 Å². The van der Waals surface area contributed by atoms with Crippen LogP contribution in [0.1, 0.15) is 0 Å². The molecule has 0 aliphatic heterocycles. The SMILES string of the molecule is COc1cc(N(C)C)c(OC)cc1-c1cc(N)no1. The van der Waals surface area contributed by atoms with Crippen molar-refractivity contribution in [3.05, 3.63) is 18.2 Å². The first-order valence-corrected chi connectivity index (χ1v) is 5.72. The minimum absolute atomic E-state index is 0.327. The maximum absolute atomic E-state index is 5.57. The molecule has 0 spiro atoms. The summed E-state index contributed by atoms with van der Waals surface area (Å²) in [6.07, 6.45) is 0. The fraction of sp³-hybridized carbons (Fsp3) is 0.308. The number of nitrogens with two attached hydrogens (primary N) is 1. The molecule has 1 aromatic heterocycles. The zero-order valence-electron chi connectivity index (χ0n) is 11.4. The molecule has 0 amide bonds. The van der Waals surface area contributed by atoms with Gasteiger partial charge in [-0.25, -0.2) is 0 Å². The second kappa shape index (κ2) is 5.09. The second-order valence-electron chi connectivity index (χ2n) is 4.23. The maximum Gasteiger partial charge on any atom is 0.172 e. The van der Waals surface area contributed by atoms with Crippen LogP contribution >= 0.6 is 0 Å². The molecule has 0 aliphatic rings. The number of nitrogen functional groups attached to an aromatic ring is 1. The summed E-state index contributed by atoms with van der Waals surface area (Å²) >= 11 is 0. The van der Waals surface area contributed by atoms with Gasteiger partial charge in [0.1, 0.15) is 11.5 Å². The number of nitrogens with zero attached hydrogens (tertiary/aromatic N) is 2. The molecule has 0 unspecified atom stereocenters. The Morgan fingerprint density at radius 1 is 1.11 bits per heavy atom. The molecular weight excluding hydrogens is 246 g/mol. The monoisotopic (exact) mass is 263 g/mol. The number of hydrogen-bond acceptors (Lipinski definition) is 6. The number of ether oxygens (including phenoxy) is 2. The van der Waals surface area contributed by atoms with Gasteiger partial charge in [-0.1, -0.05) is 5.16 Å². The molecule has 0 saturated carbocycles. The first-order valence-electron chi connectivity index (χ1n) is 5.72. The van der Waals surface area contributed by atoms with Crippen LogP contribution < -0.4 is 20.1 Å². The molecule has 1 heterocycles. The summed E-state index contributed by atoms with van der Waals surface area (Å²) in [4.78, 5) is 1.94. The highest BCUT2D eigenvalue weighted by Crippen LogP contribution is 2.40. The molecule has 2 rings (SSSR count). The Kier molecular flexibility index (Phi) is 3.50. The van der Waals surface area contributed by atoms with E-state index in [1.54, 1.807) is 20.3 Å². The van der Waals surface area contributed by atoms with Gasteiger partial charge >= 0.3 is 0 Å². The van der Waals surface area contributed by atoms with Crippen molar-refractivity contribution in [2.24, 2.45) is 0 Å². The average molecular weight is 263 g/mol. The zero-order chi connectivity index (χ0) is 14.0. The van der Waals surface area contributed by atoms with Gasteiger partial charge in [-0.15, -0.1) is 0 Å². The third-order valence-corrected chi connectivity index (χ3v) is 2.78. The minimum Gasteiger partial charge on any atom is -0.496 e. The summed E-state index contributed by atoms with van der Waals surface area (Å²) in [7, 11) is 7.09. The van der Waals surface area contributed by atoms with Gasteiger partial charge < -0.3 is 24.6 Å². The first-order chi connectivity index (χ1) is 9.06. The Morgan fingerprint density at radius 3 is 2.26 bits per heavy atom. The van der Waals surface area contributed by atoms with Gasteiger partial charge in [0.05, 0.1) is 25.5 Å². The number of methoxy groups -OCH3 is 2. The average Bonchev–Trinajstić information content (AvgIpc) is 2.83. The lowest BCUT2D eigenvalue weighted by Gasteiger charge is -2.19. The van der Waals surface area contributed by atoms with E-state index in [0.717, 1.165) is 17.0 Å². The molecule has 0 fully saturated rings. The van der Waals surface area contributed by atoms with Crippen LogP contribution in [0.3, 0.4) is 0 Å². The lowest BCUT2D eigenvalue weighted by molar-refractivity contribution is 0.398. The molecule has 0 atom stereocenters. The van der Waals surface area contributed by atoms with Crippen molar-refractivity contribution >= 4 is 11.5 Å². The van der Waals surface area contributed by atoms with Crippen molar-refractivity contribution in [3.8, 4) is 22.8 Å². The normalized spacial score (nSPS) is 10.3. The van der Waals surface area contributed by atoms with Crippen LogP contribution in [-0.2, 0) is 0 Å². The van der Waals surface area contributed by atoms with Gasteiger partial charge in [-0.05, 0) is 6.07 Å². The quantitative estimate of drug-likeness (QED) is 0.909. The molecule has 1 aromatic carbocycles. The van der Waals surface area contributed by atoms with Crippen LogP contribution in [0, 0.1) is 0 Å². The van der Waals surface area contributed by atoms with Gasteiger partial charge in [0, 0.05) is 26.2 Å². The van der Waals surface area contributed by atoms with E-state index in [9.17, 15) is 0 Å². The number of benzene rings is 1. The molecule has 19 heavy (non-hydrogen) atoms. The van der Waals surface area contributed by atoms with Crippen LogP contribution in [0.4, 0.5) is 11.5 Å².